The number of halogens is 2. The molecule has 5 nitrogen and oxygen atoms in total. The number of hydrogen-bond donors (Lipinski definition) is 1. The van der Waals surface area contributed by atoms with Gasteiger partial charge < -0.3 is 10.2 Å². The van der Waals surface area contributed by atoms with Crippen LogP contribution in [0.2, 0.25) is 0 Å². The second kappa shape index (κ2) is 7.04. The molecule has 120 valence electrons. The third-order valence-electron chi connectivity index (χ3n) is 3.86. The predicted octanol–water partition coefficient (Wildman–Crippen LogP) is 2.78. The summed E-state index contributed by atoms with van der Waals surface area (Å²) in [5.74, 6) is -0.0652. The summed E-state index contributed by atoms with van der Waals surface area (Å²) in [7, 11) is 0. The zero-order chi connectivity index (χ0) is 16.2. The molecule has 3 heterocycles. The van der Waals surface area contributed by atoms with Crippen LogP contribution in [0.15, 0.2) is 41.3 Å². The van der Waals surface area contributed by atoms with Gasteiger partial charge in [-0.2, -0.15) is 0 Å². The van der Waals surface area contributed by atoms with Crippen molar-refractivity contribution in [1.29, 1.82) is 0 Å². The smallest absolute Gasteiger partial charge is 0.251 e. The lowest BCUT2D eigenvalue weighted by Crippen LogP contribution is -2.45. The molecule has 0 spiro atoms. The van der Waals surface area contributed by atoms with E-state index in [1.807, 2.05) is 4.90 Å². The fourth-order valence-corrected chi connectivity index (χ4v) is 2.95. The molecule has 1 fully saturated rings. The summed E-state index contributed by atoms with van der Waals surface area (Å²) in [6.07, 6.45) is 6.30. The molecule has 23 heavy (non-hydrogen) atoms. The van der Waals surface area contributed by atoms with Crippen molar-refractivity contribution in [2.45, 2.75) is 18.9 Å². The number of carbonyl (C=O) groups is 1. The molecule has 0 aliphatic carbocycles. The largest absolute Gasteiger partial charge is 0.354 e. The maximum absolute atomic E-state index is 14.0. The van der Waals surface area contributed by atoms with E-state index in [1.165, 1.54) is 6.07 Å². The zero-order valence-electron chi connectivity index (χ0n) is 12.4. The number of carbonyl (C=O) groups excluding carboxylic acids is 1. The highest BCUT2D eigenvalue weighted by Gasteiger charge is 2.23. The van der Waals surface area contributed by atoms with Gasteiger partial charge in [0.05, 0.1) is 0 Å². The Morgan fingerprint density at radius 1 is 1.30 bits per heavy atom. The molecule has 1 aliphatic rings. The number of nitrogens with one attached hydrogen (secondary N) is 1. The predicted molar refractivity (Wildman–Crippen MR) is 88.8 cm³/mol. The Morgan fingerprint density at radius 3 is 2.65 bits per heavy atom. The molecule has 2 aromatic heterocycles. The minimum atomic E-state index is -0.335. The highest BCUT2D eigenvalue weighted by Crippen LogP contribution is 2.23. The van der Waals surface area contributed by atoms with Crippen molar-refractivity contribution in [2.24, 2.45) is 0 Å². The number of amides is 1. The molecular weight excluding hydrogens is 363 g/mol. The van der Waals surface area contributed by atoms with Gasteiger partial charge in [0.2, 0.25) is 0 Å². The lowest BCUT2D eigenvalue weighted by molar-refractivity contribution is 0.0931. The van der Waals surface area contributed by atoms with Gasteiger partial charge in [0.1, 0.15) is 0 Å². The van der Waals surface area contributed by atoms with Crippen LogP contribution in [0.4, 0.5) is 10.2 Å². The first kappa shape index (κ1) is 15.9. The van der Waals surface area contributed by atoms with Gasteiger partial charge in [-0.1, -0.05) is 0 Å². The molecule has 1 amide bonds. The van der Waals surface area contributed by atoms with Crippen molar-refractivity contribution in [1.82, 2.24) is 15.3 Å². The molecule has 0 saturated carbocycles. The zero-order valence-corrected chi connectivity index (χ0v) is 14.0. The average molecular weight is 379 g/mol. The number of piperidine rings is 1. The van der Waals surface area contributed by atoms with Crippen molar-refractivity contribution in [3.63, 3.8) is 0 Å². The van der Waals surface area contributed by atoms with Gasteiger partial charge in [0.15, 0.2) is 11.6 Å². The molecule has 0 atom stereocenters. The fraction of sp³-hybridized carbons (Fsp3) is 0.312. The molecule has 1 N–H and O–H groups in total. The molecular formula is C16H16BrFN4O. The van der Waals surface area contributed by atoms with Gasteiger partial charge in [0.25, 0.3) is 5.91 Å². The Hall–Kier alpha value is -2.02. The summed E-state index contributed by atoms with van der Waals surface area (Å²) in [5.41, 5.74) is 0.600. The minimum absolute atomic E-state index is 0.0884. The second-order valence-electron chi connectivity index (χ2n) is 5.43. The molecule has 3 rings (SSSR count). The molecule has 0 radical (unpaired) electrons. The molecule has 2 aromatic rings. The van der Waals surface area contributed by atoms with Crippen LogP contribution in [-0.4, -0.2) is 35.0 Å². The summed E-state index contributed by atoms with van der Waals surface area (Å²) in [6, 6.07) is 4.88. The van der Waals surface area contributed by atoms with Crippen LogP contribution >= 0.6 is 15.9 Å². The monoisotopic (exact) mass is 378 g/mol. The first-order valence-corrected chi connectivity index (χ1v) is 8.19. The standard InChI is InChI=1S/C16H16BrFN4O/c17-12-9-14(18)15(20-10-12)22-7-3-13(4-8-22)21-16(23)11-1-5-19-6-2-11/h1-2,5-6,9-10,13H,3-4,7-8H2,(H,21,23). The topological polar surface area (TPSA) is 58.1 Å². The number of hydrogen-bond acceptors (Lipinski definition) is 4. The van der Waals surface area contributed by atoms with Gasteiger partial charge in [-0.15, -0.1) is 0 Å². The number of anilines is 1. The lowest BCUT2D eigenvalue weighted by atomic mass is 10.0. The Balaban J connectivity index is 1.57. The summed E-state index contributed by atoms with van der Waals surface area (Å²) in [4.78, 5) is 22.1. The molecule has 0 bridgehead atoms. The van der Waals surface area contributed by atoms with E-state index in [1.54, 1.807) is 30.7 Å². The van der Waals surface area contributed by atoms with Crippen LogP contribution in [-0.2, 0) is 0 Å². The van der Waals surface area contributed by atoms with Crippen molar-refractivity contribution in [2.75, 3.05) is 18.0 Å². The third kappa shape index (κ3) is 3.85. The first-order valence-electron chi connectivity index (χ1n) is 7.40. The van der Waals surface area contributed by atoms with Crippen LogP contribution < -0.4 is 10.2 Å². The summed E-state index contributed by atoms with van der Waals surface area (Å²) < 4.78 is 14.6. The van der Waals surface area contributed by atoms with Gasteiger partial charge in [0, 0.05) is 47.8 Å². The number of pyridine rings is 2. The quantitative estimate of drug-likeness (QED) is 0.891. The van der Waals surface area contributed by atoms with Gasteiger partial charge in [-0.25, -0.2) is 9.37 Å². The molecule has 1 aliphatic heterocycles. The van der Waals surface area contributed by atoms with E-state index in [-0.39, 0.29) is 17.8 Å². The summed E-state index contributed by atoms with van der Waals surface area (Å²) >= 11 is 3.21. The molecule has 7 heteroatoms. The van der Waals surface area contributed by atoms with Crippen molar-refractivity contribution in [3.8, 4) is 0 Å². The van der Waals surface area contributed by atoms with Gasteiger partial charge in [-0.05, 0) is 47.0 Å². The summed E-state index contributed by atoms with van der Waals surface area (Å²) in [6.45, 7) is 1.32. The first-order chi connectivity index (χ1) is 11.1. The van der Waals surface area contributed by atoms with Crippen LogP contribution in [0, 0.1) is 5.82 Å². The number of nitrogens with zero attached hydrogens (tertiary/aromatic N) is 3. The fourth-order valence-electron chi connectivity index (χ4n) is 2.65. The highest BCUT2D eigenvalue weighted by molar-refractivity contribution is 9.10. The molecule has 1 saturated heterocycles. The Bertz CT molecular complexity index is 690. The molecule has 0 unspecified atom stereocenters. The second-order valence-corrected chi connectivity index (χ2v) is 6.35. The van der Waals surface area contributed by atoms with E-state index < -0.39 is 0 Å². The van der Waals surface area contributed by atoms with E-state index in [0.29, 0.717) is 28.9 Å². The van der Waals surface area contributed by atoms with E-state index in [2.05, 4.69) is 31.2 Å². The van der Waals surface area contributed by atoms with Crippen LogP contribution in [0.3, 0.4) is 0 Å². The van der Waals surface area contributed by atoms with Crippen molar-refractivity contribution < 1.29 is 9.18 Å². The number of rotatable bonds is 3. The van der Waals surface area contributed by atoms with E-state index in [4.69, 9.17) is 0 Å². The van der Waals surface area contributed by atoms with E-state index >= 15 is 0 Å². The maximum atomic E-state index is 14.0. The molecule has 0 aromatic carbocycles. The third-order valence-corrected chi connectivity index (χ3v) is 4.29. The Labute approximate surface area is 142 Å². The summed E-state index contributed by atoms with van der Waals surface area (Å²) in [5, 5.41) is 3.02. The van der Waals surface area contributed by atoms with Crippen LogP contribution in [0.25, 0.3) is 0 Å². The van der Waals surface area contributed by atoms with Gasteiger partial charge >= 0.3 is 0 Å². The maximum Gasteiger partial charge on any atom is 0.251 e. The Morgan fingerprint density at radius 2 is 2.00 bits per heavy atom. The van der Waals surface area contributed by atoms with E-state index in [0.717, 1.165) is 12.8 Å². The van der Waals surface area contributed by atoms with Crippen LogP contribution in [0.5, 0.6) is 0 Å². The van der Waals surface area contributed by atoms with E-state index in [9.17, 15) is 9.18 Å². The minimum Gasteiger partial charge on any atom is -0.354 e. The van der Waals surface area contributed by atoms with Crippen LogP contribution in [0.1, 0.15) is 23.2 Å². The normalized spacial score (nSPS) is 15.5. The highest BCUT2D eigenvalue weighted by atomic mass is 79.9. The number of aromatic nitrogens is 2. The SMILES string of the molecule is O=C(NC1CCN(c2ncc(Br)cc2F)CC1)c1ccncc1. The van der Waals surface area contributed by atoms with Gasteiger partial charge in [-0.3, -0.25) is 9.78 Å². The Kier molecular flexibility index (Phi) is 4.85. The average Bonchev–Trinajstić information content (AvgIpc) is 2.57. The lowest BCUT2D eigenvalue weighted by Gasteiger charge is -2.33. The van der Waals surface area contributed by atoms with Crippen molar-refractivity contribution >= 4 is 27.7 Å². The van der Waals surface area contributed by atoms with Crippen molar-refractivity contribution in [3.05, 3.63) is 52.6 Å².